The Morgan fingerprint density at radius 1 is 1.12 bits per heavy atom. The summed E-state index contributed by atoms with van der Waals surface area (Å²) in [6, 6.07) is 8.10. The van der Waals surface area contributed by atoms with Crippen molar-refractivity contribution in [3.63, 3.8) is 0 Å². The third-order valence-corrected chi connectivity index (χ3v) is 3.02. The second kappa shape index (κ2) is 14.3. The molecule has 1 aromatic carbocycles. The molecule has 5 nitrogen and oxygen atoms in total. The van der Waals surface area contributed by atoms with E-state index in [1.54, 1.807) is 0 Å². The van der Waals surface area contributed by atoms with Crippen molar-refractivity contribution in [2.24, 2.45) is 4.99 Å². The van der Waals surface area contributed by atoms with Gasteiger partial charge < -0.3 is 20.1 Å². The predicted octanol–water partition coefficient (Wildman–Crippen LogP) is 3.57. The lowest BCUT2D eigenvalue weighted by Gasteiger charge is -2.12. The van der Waals surface area contributed by atoms with Gasteiger partial charge in [0.2, 0.25) is 0 Å². The first-order valence-corrected chi connectivity index (χ1v) is 8.51. The fourth-order valence-corrected chi connectivity index (χ4v) is 1.98. The first kappa shape index (κ1) is 23.0. The maximum Gasteiger partial charge on any atom is 0.191 e. The zero-order chi connectivity index (χ0) is 16.9. The molecule has 0 saturated carbocycles. The van der Waals surface area contributed by atoms with Crippen molar-refractivity contribution in [2.75, 3.05) is 26.3 Å². The van der Waals surface area contributed by atoms with Gasteiger partial charge in [-0.1, -0.05) is 12.1 Å². The smallest absolute Gasteiger partial charge is 0.191 e. The maximum absolute atomic E-state index is 5.65. The van der Waals surface area contributed by atoms with Gasteiger partial charge in [-0.3, -0.25) is 0 Å². The number of halogens is 1. The number of hydrogen-bond donors (Lipinski definition) is 2. The molecule has 0 bridgehead atoms. The molecule has 1 aromatic rings. The van der Waals surface area contributed by atoms with Crippen molar-refractivity contribution < 1.29 is 9.47 Å². The summed E-state index contributed by atoms with van der Waals surface area (Å²) in [5, 5.41) is 6.58. The van der Waals surface area contributed by atoms with Crippen LogP contribution in [0.2, 0.25) is 0 Å². The lowest BCUT2D eigenvalue weighted by Crippen LogP contribution is -2.38. The Hall–Kier alpha value is -1.02. The minimum atomic E-state index is 0. The van der Waals surface area contributed by atoms with Gasteiger partial charge in [0.25, 0.3) is 0 Å². The molecule has 6 heteroatoms. The molecule has 2 N–H and O–H groups in total. The Labute approximate surface area is 163 Å². The van der Waals surface area contributed by atoms with Crippen LogP contribution in [0.15, 0.2) is 29.3 Å². The van der Waals surface area contributed by atoms with Crippen LogP contribution in [0.1, 0.15) is 39.7 Å². The van der Waals surface area contributed by atoms with Crippen molar-refractivity contribution in [2.45, 2.75) is 46.8 Å². The van der Waals surface area contributed by atoms with Gasteiger partial charge in [-0.25, -0.2) is 4.99 Å². The van der Waals surface area contributed by atoms with E-state index in [2.05, 4.69) is 34.7 Å². The summed E-state index contributed by atoms with van der Waals surface area (Å²) in [4.78, 5) is 4.60. The highest BCUT2D eigenvalue weighted by atomic mass is 127. The van der Waals surface area contributed by atoms with E-state index in [-0.39, 0.29) is 30.1 Å². The summed E-state index contributed by atoms with van der Waals surface area (Å²) >= 11 is 0. The van der Waals surface area contributed by atoms with E-state index in [0.717, 1.165) is 50.0 Å². The number of guanidine groups is 1. The molecular formula is C18H32IN3O2. The molecular weight excluding hydrogens is 417 g/mol. The first-order chi connectivity index (χ1) is 11.2. The Bertz CT molecular complexity index is 450. The summed E-state index contributed by atoms with van der Waals surface area (Å²) in [6.07, 6.45) is 1.17. The zero-order valence-corrected chi connectivity index (χ0v) is 17.6. The molecule has 0 fully saturated rings. The summed E-state index contributed by atoms with van der Waals surface area (Å²) in [5.74, 6) is 1.74. The number of nitrogens with one attached hydrogen (secondary N) is 2. The van der Waals surface area contributed by atoms with Gasteiger partial charge in [0, 0.05) is 26.3 Å². The van der Waals surface area contributed by atoms with Crippen LogP contribution in [0.3, 0.4) is 0 Å². The van der Waals surface area contributed by atoms with Crippen molar-refractivity contribution in [1.29, 1.82) is 0 Å². The van der Waals surface area contributed by atoms with E-state index in [4.69, 9.17) is 9.47 Å². The molecule has 138 valence electrons. The van der Waals surface area contributed by atoms with E-state index < -0.39 is 0 Å². The third-order valence-electron chi connectivity index (χ3n) is 3.02. The Morgan fingerprint density at radius 3 is 2.42 bits per heavy atom. The van der Waals surface area contributed by atoms with E-state index >= 15 is 0 Å². The van der Waals surface area contributed by atoms with E-state index in [9.17, 15) is 0 Å². The molecule has 0 spiro atoms. The van der Waals surface area contributed by atoms with Crippen LogP contribution in [0.25, 0.3) is 0 Å². The zero-order valence-electron chi connectivity index (χ0n) is 15.3. The summed E-state index contributed by atoms with van der Waals surface area (Å²) < 4.78 is 11.0. The van der Waals surface area contributed by atoms with Gasteiger partial charge in [-0.2, -0.15) is 0 Å². The normalized spacial score (nSPS) is 11.1. The summed E-state index contributed by atoms with van der Waals surface area (Å²) in [7, 11) is 0. The van der Waals surface area contributed by atoms with E-state index in [0.29, 0.717) is 6.54 Å². The van der Waals surface area contributed by atoms with Gasteiger partial charge in [-0.05, 0) is 51.8 Å². The second-order valence-electron chi connectivity index (χ2n) is 5.48. The fourth-order valence-electron chi connectivity index (χ4n) is 1.98. The van der Waals surface area contributed by atoms with Crippen molar-refractivity contribution >= 4 is 29.9 Å². The molecule has 0 radical (unpaired) electrons. The van der Waals surface area contributed by atoms with E-state index in [1.807, 2.05) is 32.9 Å². The van der Waals surface area contributed by atoms with Crippen molar-refractivity contribution in [1.82, 2.24) is 10.6 Å². The SMILES string of the molecule is CCNC(=NCc1ccc(OC(C)C)cc1)NCCCOCC.I. The van der Waals surface area contributed by atoms with Crippen LogP contribution < -0.4 is 15.4 Å². The van der Waals surface area contributed by atoms with Crippen molar-refractivity contribution in [3.05, 3.63) is 29.8 Å². The molecule has 24 heavy (non-hydrogen) atoms. The third kappa shape index (κ3) is 10.7. The maximum atomic E-state index is 5.65. The Balaban J connectivity index is 0.00000529. The minimum absolute atomic E-state index is 0. The molecule has 0 aliphatic carbocycles. The van der Waals surface area contributed by atoms with Crippen LogP contribution in [0.5, 0.6) is 5.75 Å². The number of hydrogen-bond acceptors (Lipinski definition) is 3. The van der Waals surface area contributed by atoms with Crippen LogP contribution in [-0.2, 0) is 11.3 Å². The monoisotopic (exact) mass is 449 g/mol. The van der Waals surface area contributed by atoms with Gasteiger partial charge in [0.1, 0.15) is 5.75 Å². The fraction of sp³-hybridized carbons (Fsp3) is 0.611. The van der Waals surface area contributed by atoms with Crippen LogP contribution in [-0.4, -0.2) is 38.4 Å². The van der Waals surface area contributed by atoms with Gasteiger partial charge in [-0.15, -0.1) is 24.0 Å². The number of ether oxygens (including phenoxy) is 2. The summed E-state index contributed by atoms with van der Waals surface area (Å²) in [5.41, 5.74) is 1.16. The van der Waals surface area contributed by atoms with E-state index in [1.165, 1.54) is 0 Å². The molecule has 0 aliphatic rings. The average molecular weight is 449 g/mol. The molecule has 0 atom stereocenters. The van der Waals surface area contributed by atoms with Crippen LogP contribution in [0, 0.1) is 0 Å². The molecule has 0 heterocycles. The highest BCUT2D eigenvalue weighted by Gasteiger charge is 2.00. The van der Waals surface area contributed by atoms with Crippen molar-refractivity contribution in [3.8, 4) is 5.75 Å². The first-order valence-electron chi connectivity index (χ1n) is 8.51. The summed E-state index contributed by atoms with van der Waals surface area (Å²) in [6.45, 7) is 12.0. The topological polar surface area (TPSA) is 54.9 Å². The van der Waals surface area contributed by atoms with Gasteiger partial charge in [0.15, 0.2) is 5.96 Å². The quantitative estimate of drug-likeness (QED) is 0.248. The number of benzene rings is 1. The number of rotatable bonds is 10. The van der Waals surface area contributed by atoms with Gasteiger partial charge in [0.05, 0.1) is 12.6 Å². The molecule has 0 unspecified atom stereocenters. The van der Waals surface area contributed by atoms with Crippen LogP contribution in [0.4, 0.5) is 0 Å². The molecule has 0 saturated heterocycles. The molecule has 0 aliphatic heterocycles. The molecule has 0 aromatic heterocycles. The predicted molar refractivity (Wildman–Crippen MR) is 112 cm³/mol. The lowest BCUT2D eigenvalue weighted by molar-refractivity contribution is 0.145. The number of aliphatic imine (C=N–C) groups is 1. The number of nitrogens with zero attached hydrogens (tertiary/aromatic N) is 1. The minimum Gasteiger partial charge on any atom is -0.491 e. The highest BCUT2D eigenvalue weighted by molar-refractivity contribution is 14.0. The van der Waals surface area contributed by atoms with Gasteiger partial charge >= 0.3 is 0 Å². The molecule has 0 amide bonds. The lowest BCUT2D eigenvalue weighted by atomic mass is 10.2. The Morgan fingerprint density at radius 2 is 1.83 bits per heavy atom. The second-order valence-corrected chi connectivity index (χ2v) is 5.48. The highest BCUT2D eigenvalue weighted by Crippen LogP contribution is 2.14. The largest absolute Gasteiger partial charge is 0.491 e. The standard InChI is InChI=1S/C18H31N3O2.HI/c1-5-19-18(20-12-7-13-22-6-2)21-14-16-8-10-17(11-9-16)23-15(3)4;/h8-11,15H,5-7,12-14H2,1-4H3,(H2,19,20,21);1H. The van der Waals surface area contributed by atoms with Crippen LogP contribution >= 0.6 is 24.0 Å². The molecule has 1 rings (SSSR count). The average Bonchev–Trinajstić information content (AvgIpc) is 2.53. The Kier molecular flexibility index (Phi) is 13.7.